The Kier molecular flexibility index (Phi) is 6.59. The van der Waals surface area contributed by atoms with Crippen molar-refractivity contribution in [1.29, 1.82) is 0 Å². The predicted molar refractivity (Wildman–Crippen MR) is 140 cm³/mol. The number of ether oxygens (including phenoxy) is 1. The molecule has 2 bridgehead atoms. The van der Waals surface area contributed by atoms with E-state index in [2.05, 4.69) is 29.1 Å². The molecule has 0 amide bonds. The van der Waals surface area contributed by atoms with Crippen LogP contribution in [0.5, 0.6) is 0 Å². The summed E-state index contributed by atoms with van der Waals surface area (Å²) in [6.07, 6.45) is 5.50. The molecule has 4 saturated heterocycles. The smallest absolute Gasteiger partial charge is 0.331 e. The topological polar surface area (TPSA) is 68.5 Å². The molecule has 7 heteroatoms. The molecule has 4 aliphatic rings. The number of aromatic nitrogens is 2. The highest BCUT2D eigenvalue weighted by molar-refractivity contribution is 5.82. The van der Waals surface area contributed by atoms with E-state index in [1.54, 1.807) is 0 Å². The number of esters is 1. The van der Waals surface area contributed by atoms with Crippen molar-refractivity contribution in [2.45, 2.75) is 57.2 Å². The van der Waals surface area contributed by atoms with Crippen molar-refractivity contribution in [3.63, 3.8) is 0 Å². The van der Waals surface area contributed by atoms with E-state index in [4.69, 9.17) is 14.2 Å². The highest BCUT2D eigenvalue weighted by Crippen LogP contribution is 2.39. The number of quaternary nitrogens is 1. The Morgan fingerprint density at radius 3 is 2.41 bits per heavy atom. The third kappa shape index (κ3) is 4.71. The van der Waals surface area contributed by atoms with Gasteiger partial charge in [-0.25, -0.2) is 4.79 Å². The molecule has 7 rings (SSSR count). The van der Waals surface area contributed by atoms with E-state index >= 15 is 0 Å². The fourth-order valence-electron chi connectivity index (χ4n) is 6.67. The van der Waals surface area contributed by atoms with E-state index < -0.39 is 5.54 Å². The van der Waals surface area contributed by atoms with Crippen molar-refractivity contribution in [2.24, 2.45) is 5.92 Å². The average Bonchev–Trinajstić information content (AvgIpc) is 3.42. The van der Waals surface area contributed by atoms with Gasteiger partial charge in [0.2, 0.25) is 5.82 Å². The Hall–Kier alpha value is -3.03. The van der Waals surface area contributed by atoms with Crippen molar-refractivity contribution in [3.8, 4) is 11.4 Å². The van der Waals surface area contributed by atoms with Crippen molar-refractivity contribution < 1.29 is 18.5 Å². The number of rotatable bonds is 7. The summed E-state index contributed by atoms with van der Waals surface area (Å²) in [6.45, 7) is 7.52. The molecule has 0 N–H and O–H groups in total. The van der Waals surface area contributed by atoms with Gasteiger partial charge in [-0.3, -0.25) is 4.90 Å². The second-order valence-corrected chi connectivity index (χ2v) is 11.3. The number of piperidine rings is 4. The lowest BCUT2D eigenvalue weighted by Gasteiger charge is -2.52. The Labute approximate surface area is 219 Å². The fourth-order valence-corrected chi connectivity index (χ4v) is 6.67. The van der Waals surface area contributed by atoms with Gasteiger partial charge in [-0.1, -0.05) is 72.2 Å². The number of nitrogens with zero attached hydrogens (tertiary/aromatic N) is 4. The van der Waals surface area contributed by atoms with Crippen LogP contribution in [0.15, 0.2) is 65.2 Å². The number of hydrogen-bond acceptors (Lipinski definition) is 6. The summed E-state index contributed by atoms with van der Waals surface area (Å²) in [5, 5.41) is 4.23. The molecule has 0 spiro atoms. The molecule has 1 aromatic heterocycles. The molecule has 194 valence electrons. The normalized spacial score (nSPS) is 27.5. The number of likely N-dealkylation sites (tertiary alicyclic amines) is 1. The van der Waals surface area contributed by atoms with Gasteiger partial charge < -0.3 is 13.7 Å². The quantitative estimate of drug-likeness (QED) is 0.343. The summed E-state index contributed by atoms with van der Waals surface area (Å²) < 4.78 is 13.0. The molecule has 0 radical (unpaired) electrons. The van der Waals surface area contributed by atoms with E-state index in [-0.39, 0.29) is 12.1 Å². The minimum absolute atomic E-state index is 0.0839. The van der Waals surface area contributed by atoms with Gasteiger partial charge in [0.1, 0.15) is 12.1 Å². The zero-order chi connectivity index (χ0) is 25.3. The number of benzene rings is 2. The summed E-state index contributed by atoms with van der Waals surface area (Å²) in [5.74, 6) is 1.60. The van der Waals surface area contributed by atoms with Gasteiger partial charge in [0.15, 0.2) is 12.6 Å². The highest BCUT2D eigenvalue weighted by Gasteiger charge is 2.51. The zero-order valence-electron chi connectivity index (χ0n) is 21.7. The summed E-state index contributed by atoms with van der Waals surface area (Å²) in [5.41, 5.74) is 1.21. The van der Waals surface area contributed by atoms with Crippen LogP contribution in [0.4, 0.5) is 0 Å². The van der Waals surface area contributed by atoms with Gasteiger partial charge in [0.05, 0.1) is 13.1 Å². The summed E-state index contributed by atoms with van der Waals surface area (Å²) in [6, 6.07) is 20.1. The van der Waals surface area contributed by atoms with Crippen LogP contribution in [-0.2, 0) is 21.6 Å². The van der Waals surface area contributed by atoms with Crippen LogP contribution in [0.3, 0.4) is 0 Å². The second kappa shape index (κ2) is 10.0. The van der Waals surface area contributed by atoms with Gasteiger partial charge in [0.25, 0.3) is 5.89 Å². The fraction of sp³-hybridized carbons (Fsp3) is 0.500. The van der Waals surface area contributed by atoms with Crippen molar-refractivity contribution in [3.05, 3.63) is 72.1 Å². The summed E-state index contributed by atoms with van der Waals surface area (Å²) in [4.78, 5) is 21.1. The van der Waals surface area contributed by atoms with E-state index in [1.165, 1.54) is 6.42 Å². The first-order valence-electron chi connectivity index (χ1n) is 13.8. The summed E-state index contributed by atoms with van der Waals surface area (Å²) in [7, 11) is 0. The summed E-state index contributed by atoms with van der Waals surface area (Å²) >= 11 is 0. The Morgan fingerprint density at radius 2 is 1.70 bits per heavy atom. The zero-order valence-corrected chi connectivity index (χ0v) is 21.7. The molecule has 7 nitrogen and oxygen atoms in total. The van der Waals surface area contributed by atoms with Crippen molar-refractivity contribution in [2.75, 3.05) is 32.7 Å². The van der Waals surface area contributed by atoms with E-state index in [9.17, 15) is 4.79 Å². The second-order valence-electron chi connectivity index (χ2n) is 11.3. The number of carbonyl (C=O) groups excluding carboxylic acids is 1. The number of carbonyl (C=O) groups is 1. The third-order valence-corrected chi connectivity index (χ3v) is 8.99. The molecule has 5 heterocycles. The molecule has 2 aromatic carbocycles. The standard InChI is InChI=1S/C30H37N4O3/c1-30(25-13-7-3-8-14-25,33-17-9-4-10-18-33)29(35)36-26-21-34(19-15-23(26)16-20-34)22-27-31-28(32-37-27)24-11-5-2-6-12-24/h2-3,5-8,11-14,23,26H,4,9-10,15-22H2,1H3/q+1/t23?,26-,30+,34?/m0/s1. The largest absolute Gasteiger partial charge is 0.454 e. The molecule has 37 heavy (non-hydrogen) atoms. The van der Waals surface area contributed by atoms with Crippen LogP contribution in [0.1, 0.15) is 50.5 Å². The molecule has 0 aliphatic carbocycles. The lowest BCUT2D eigenvalue weighted by molar-refractivity contribution is -0.959. The Bertz CT molecular complexity index is 1200. The average molecular weight is 502 g/mol. The molecular formula is C30H37N4O3+. The molecule has 4 aliphatic heterocycles. The van der Waals surface area contributed by atoms with Crippen LogP contribution >= 0.6 is 0 Å². The van der Waals surface area contributed by atoms with Crippen LogP contribution in [0, 0.1) is 5.92 Å². The van der Waals surface area contributed by atoms with E-state index in [0.29, 0.717) is 24.2 Å². The van der Waals surface area contributed by atoms with Crippen LogP contribution in [0.25, 0.3) is 11.4 Å². The maximum atomic E-state index is 14.0. The van der Waals surface area contributed by atoms with Crippen molar-refractivity contribution >= 4 is 5.97 Å². The molecule has 3 aromatic rings. The predicted octanol–water partition coefficient (Wildman–Crippen LogP) is 4.79. The molecule has 2 atom stereocenters. The third-order valence-electron chi connectivity index (χ3n) is 8.99. The van der Waals surface area contributed by atoms with Gasteiger partial charge in [-0.2, -0.15) is 4.98 Å². The molecule has 0 unspecified atom stereocenters. The van der Waals surface area contributed by atoms with E-state index in [1.807, 2.05) is 48.5 Å². The van der Waals surface area contributed by atoms with Crippen LogP contribution in [-0.4, -0.2) is 64.3 Å². The highest BCUT2D eigenvalue weighted by atomic mass is 16.5. The van der Waals surface area contributed by atoms with Gasteiger partial charge in [-0.05, 0) is 38.4 Å². The monoisotopic (exact) mass is 501 g/mol. The molecule has 0 saturated carbocycles. The van der Waals surface area contributed by atoms with Gasteiger partial charge in [-0.15, -0.1) is 0 Å². The first-order chi connectivity index (χ1) is 18.1. The molecular weight excluding hydrogens is 464 g/mol. The Morgan fingerprint density at radius 1 is 1.03 bits per heavy atom. The lowest BCUT2D eigenvalue weighted by atomic mass is 9.82. The number of hydrogen-bond donors (Lipinski definition) is 0. The maximum absolute atomic E-state index is 14.0. The molecule has 4 fully saturated rings. The lowest BCUT2D eigenvalue weighted by Crippen LogP contribution is -2.64. The van der Waals surface area contributed by atoms with Crippen molar-refractivity contribution in [1.82, 2.24) is 15.0 Å². The first-order valence-corrected chi connectivity index (χ1v) is 13.8. The van der Waals surface area contributed by atoms with Gasteiger partial charge >= 0.3 is 5.97 Å². The number of fused-ring (bicyclic) bond motifs is 3. The van der Waals surface area contributed by atoms with Crippen LogP contribution in [0.2, 0.25) is 0 Å². The van der Waals surface area contributed by atoms with E-state index in [0.717, 1.165) is 74.0 Å². The Balaban J connectivity index is 1.20. The minimum atomic E-state index is -0.768. The first kappa shape index (κ1) is 24.3. The van der Waals surface area contributed by atoms with Crippen LogP contribution < -0.4 is 0 Å². The maximum Gasteiger partial charge on any atom is 0.331 e. The van der Waals surface area contributed by atoms with Gasteiger partial charge in [0, 0.05) is 24.3 Å². The SMILES string of the molecule is C[C@](C(=O)O[C@H]1C[N+]2(Cc3nc(-c4ccccc4)no3)CCC1CC2)(c1ccccc1)N1CCCCC1. The minimum Gasteiger partial charge on any atom is -0.454 e.